The van der Waals surface area contributed by atoms with Gasteiger partial charge in [-0.05, 0) is 30.5 Å². The van der Waals surface area contributed by atoms with Crippen molar-refractivity contribution in [3.05, 3.63) is 33.8 Å². The maximum absolute atomic E-state index is 12.6. The van der Waals surface area contributed by atoms with Crippen LogP contribution in [-0.2, 0) is 4.79 Å². The number of ketones is 1. The van der Waals surface area contributed by atoms with Crippen LogP contribution in [0.1, 0.15) is 58.3 Å². The van der Waals surface area contributed by atoms with E-state index in [1.165, 1.54) is 17.4 Å². The molecule has 5 nitrogen and oxygen atoms in total. The van der Waals surface area contributed by atoms with Crippen LogP contribution in [0.5, 0.6) is 0 Å². The lowest BCUT2D eigenvalue weighted by Gasteiger charge is -2.19. The van der Waals surface area contributed by atoms with E-state index in [9.17, 15) is 19.6 Å². The van der Waals surface area contributed by atoms with Gasteiger partial charge in [0.15, 0.2) is 5.78 Å². The van der Waals surface area contributed by atoms with Crippen LogP contribution in [0.15, 0.2) is 18.2 Å². The molecule has 0 unspecified atom stereocenters. The zero-order chi connectivity index (χ0) is 27.1. The molecule has 0 saturated heterocycles. The van der Waals surface area contributed by atoms with E-state index in [1.54, 1.807) is 0 Å². The molecule has 0 radical (unpaired) electrons. The van der Waals surface area contributed by atoms with E-state index in [-0.39, 0.29) is 15.6 Å². The molecule has 3 N–H and O–H groups in total. The summed E-state index contributed by atoms with van der Waals surface area (Å²) in [5, 5.41) is 20.6. The first kappa shape index (κ1) is 8.86. The van der Waals surface area contributed by atoms with Crippen LogP contribution in [0.4, 0.5) is 0 Å². The number of carbonyl (C=O) groups is 2. The Morgan fingerprint density at radius 1 is 1.43 bits per heavy atom. The lowest BCUT2D eigenvalue weighted by Crippen LogP contribution is -2.47. The summed E-state index contributed by atoms with van der Waals surface area (Å²) in [7, 11) is -3.20. The second-order valence-electron chi connectivity index (χ2n) is 4.22. The fraction of sp³-hybridized carbons (Fsp3) is 0.467. The number of carbonyl (C=O) groups excluding carboxylic acids is 2. The SMILES string of the molecule is [2H]C([2H])(CC(=O)c1cc(Cl)ccc1Cl)C(=O)N[C@@]([2H])(B(O)O)C([2H])([2H])C(C([2H])([2H])[2H])C([2H])([2H])[2H]. The molecule has 1 amide bonds. The van der Waals surface area contributed by atoms with Gasteiger partial charge in [0, 0.05) is 38.5 Å². The molecule has 0 fully saturated rings. The molecule has 0 bridgehead atoms. The van der Waals surface area contributed by atoms with Crippen LogP contribution in [0, 0.1) is 5.92 Å². The van der Waals surface area contributed by atoms with Gasteiger partial charge < -0.3 is 15.4 Å². The largest absolute Gasteiger partial charge is 0.475 e. The minimum absolute atomic E-state index is 0.0694. The predicted molar refractivity (Wildman–Crippen MR) is 91.6 cm³/mol. The molecule has 8 heteroatoms. The molecule has 1 aromatic rings. The number of halogens is 2. The summed E-state index contributed by atoms with van der Waals surface area (Å²) < 4.78 is 84.2. The van der Waals surface area contributed by atoms with Gasteiger partial charge in [0.2, 0.25) is 5.91 Å². The summed E-state index contributed by atoms with van der Waals surface area (Å²) in [6.07, 6.45) is -8.30. The second-order valence-corrected chi connectivity index (χ2v) is 5.06. The van der Waals surface area contributed by atoms with Crippen molar-refractivity contribution < 1.29 is 34.7 Å². The van der Waals surface area contributed by atoms with Crippen molar-refractivity contribution in [2.24, 2.45) is 5.92 Å². The van der Waals surface area contributed by atoms with Crippen LogP contribution in [0.3, 0.4) is 0 Å². The number of nitrogens with one attached hydrogen (secondary N) is 1. The van der Waals surface area contributed by atoms with Crippen LogP contribution < -0.4 is 5.32 Å². The van der Waals surface area contributed by atoms with Gasteiger partial charge in [0.05, 0.1) is 10.9 Å². The van der Waals surface area contributed by atoms with E-state index in [0.29, 0.717) is 0 Å². The molecule has 0 aliphatic carbocycles. The smallest absolute Gasteiger partial charge is 0.426 e. The summed E-state index contributed by atoms with van der Waals surface area (Å²) >= 11 is 11.6. The maximum atomic E-state index is 12.6. The molecule has 0 saturated carbocycles. The quantitative estimate of drug-likeness (QED) is 0.484. The molecule has 0 aliphatic heterocycles. The predicted octanol–water partition coefficient (Wildman–Crippen LogP) is 2.50. The van der Waals surface area contributed by atoms with E-state index in [0.717, 1.165) is 6.07 Å². The Balaban J connectivity index is 3.37. The summed E-state index contributed by atoms with van der Waals surface area (Å²) in [5.41, 5.74) is -0.259. The fourth-order valence-corrected chi connectivity index (χ4v) is 1.86. The van der Waals surface area contributed by atoms with Gasteiger partial charge in [-0.1, -0.05) is 36.9 Å². The molecule has 1 aromatic carbocycles. The standard InChI is InChI=1S/C15H20BCl2NO4/c1-9(2)7-14(16(22)23)19-15(21)6-5-13(20)11-8-10(17)3-4-12(11)18/h3-4,8-9,14,22-23H,5-7H2,1-2H3,(H,19,21)/t14-/m1/s1/i1D3,2D3,6D2,7D2,14D. The Kier molecular flexibility index (Phi) is 3.57. The molecule has 126 valence electrons. The van der Waals surface area contributed by atoms with Gasteiger partial charge in [-0.15, -0.1) is 0 Å². The highest BCUT2D eigenvalue weighted by atomic mass is 35.5. The zero-order valence-electron chi connectivity index (χ0n) is 22.6. The zero-order valence-corrected chi connectivity index (χ0v) is 13.1. The van der Waals surface area contributed by atoms with Crippen molar-refractivity contribution in [2.75, 3.05) is 0 Å². The van der Waals surface area contributed by atoms with Gasteiger partial charge in [0.1, 0.15) is 0 Å². The number of Topliss-reactive ketones (excluding diaryl/α,β-unsaturated/α-hetero) is 1. The molecule has 0 heterocycles. The number of amides is 1. The van der Waals surface area contributed by atoms with E-state index >= 15 is 0 Å². The maximum Gasteiger partial charge on any atom is 0.475 e. The Bertz CT molecular complexity index is 928. The number of hydrogen-bond donors (Lipinski definition) is 3. The Hall–Kier alpha value is -1.08. The first-order valence-electron chi connectivity index (χ1n) is 11.7. The monoisotopic (exact) mass is 370 g/mol. The Labute approximate surface area is 161 Å². The first-order chi connectivity index (χ1) is 15.0. The van der Waals surface area contributed by atoms with Crippen molar-refractivity contribution in [3.63, 3.8) is 0 Å². The Morgan fingerprint density at radius 2 is 2.13 bits per heavy atom. The normalized spacial score (nSPS) is 22.9. The lowest BCUT2D eigenvalue weighted by atomic mass is 9.75. The van der Waals surface area contributed by atoms with Crippen molar-refractivity contribution in [2.45, 2.75) is 38.8 Å². The van der Waals surface area contributed by atoms with Crippen LogP contribution >= 0.6 is 23.2 Å². The highest BCUT2D eigenvalue weighted by Crippen LogP contribution is 2.22. The topological polar surface area (TPSA) is 86.6 Å². The minimum Gasteiger partial charge on any atom is -0.426 e. The minimum atomic E-state index is -3.87. The Morgan fingerprint density at radius 3 is 2.74 bits per heavy atom. The summed E-state index contributed by atoms with van der Waals surface area (Å²) in [4.78, 5) is 25.1. The molecule has 1 atom stereocenters. The van der Waals surface area contributed by atoms with Crippen molar-refractivity contribution >= 4 is 42.0 Å². The highest BCUT2D eigenvalue weighted by Gasteiger charge is 2.26. The van der Waals surface area contributed by atoms with Gasteiger partial charge in [-0.25, -0.2) is 0 Å². The third-order valence-electron chi connectivity index (χ3n) is 2.44. The van der Waals surface area contributed by atoms with Crippen molar-refractivity contribution in [1.29, 1.82) is 0 Å². The number of hydrogen-bond acceptors (Lipinski definition) is 4. The first-order valence-corrected chi connectivity index (χ1v) is 6.91. The summed E-state index contributed by atoms with van der Waals surface area (Å²) in [6, 6.07) is 3.68. The molecule has 0 aliphatic rings. The molecule has 23 heavy (non-hydrogen) atoms. The van der Waals surface area contributed by atoms with Crippen molar-refractivity contribution in [1.82, 2.24) is 5.32 Å². The molecule has 0 spiro atoms. The molecule has 0 aromatic heterocycles. The molecular formula is C15H20BCl2NO4. The van der Waals surface area contributed by atoms with E-state index in [2.05, 4.69) is 0 Å². The molecular weight excluding hydrogens is 340 g/mol. The van der Waals surface area contributed by atoms with Gasteiger partial charge in [-0.3, -0.25) is 9.59 Å². The van der Waals surface area contributed by atoms with E-state index in [4.69, 9.17) is 38.3 Å². The number of rotatable bonds is 8. The van der Waals surface area contributed by atoms with Gasteiger partial charge in [0.25, 0.3) is 0 Å². The van der Waals surface area contributed by atoms with Crippen LogP contribution in [-0.4, -0.2) is 34.8 Å². The average Bonchev–Trinajstić information content (AvgIpc) is 2.59. The van der Waals surface area contributed by atoms with E-state index < -0.39 is 63.5 Å². The second kappa shape index (κ2) is 9.28. The third kappa shape index (κ3) is 6.91. The lowest BCUT2D eigenvalue weighted by molar-refractivity contribution is -0.121. The summed E-state index contributed by atoms with van der Waals surface area (Å²) in [5.74, 6) is -9.72. The number of benzene rings is 1. The van der Waals surface area contributed by atoms with Gasteiger partial charge in [-0.2, -0.15) is 0 Å². The van der Waals surface area contributed by atoms with E-state index in [1.807, 2.05) is 0 Å². The third-order valence-corrected chi connectivity index (χ3v) is 3.01. The van der Waals surface area contributed by atoms with Crippen LogP contribution in [0.2, 0.25) is 10.0 Å². The van der Waals surface area contributed by atoms with Gasteiger partial charge >= 0.3 is 7.12 Å². The molecule has 1 rings (SSSR count). The highest BCUT2D eigenvalue weighted by molar-refractivity contribution is 6.43. The van der Waals surface area contributed by atoms with Crippen LogP contribution in [0.25, 0.3) is 0 Å². The fourth-order valence-electron chi connectivity index (χ4n) is 1.46. The summed E-state index contributed by atoms with van der Waals surface area (Å²) in [6.45, 7) is -7.20. The van der Waals surface area contributed by atoms with Crippen molar-refractivity contribution in [3.8, 4) is 0 Å². The average molecular weight is 371 g/mol.